The van der Waals surface area contributed by atoms with Crippen LogP contribution in [0, 0.1) is 0 Å². The highest BCUT2D eigenvalue weighted by molar-refractivity contribution is 6.69. The fraction of sp³-hybridized carbons (Fsp3) is 0.833. The molecule has 2 fully saturated rings. The molecule has 0 bridgehead atoms. The van der Waals surface area contributed by atoms with Crippen LogP contribution in [0.25, 0.3) is 0 Å². The van der Waals surface area contributed by atoms with E-state index in [0.29, 0.717) is 0 Å². The van der Waals surface area contributed by atoms with Gasteiger partial charge in [-0.2, -0.15) is 0 Å². The van der Waals surface area contributed by atoms with E-state index >= 15 is 0 Å². The van der Waals surface area contributed by atoms with E-state index < -0.39 is 68.0 Å². The Morgan fingerprint density at radius 3 is 2.03 bits per heavy atom. The Labute approximate surface area is 208 Å². The van der Waals surface area contributed by atoms with Crippen molar-refractivity contribution in [3.05, 3.63) is 11.6 Å². The largest absolute Gasteiger partial charge is 0.443 e. The van der Waals surface area contributed by atoms with Crippen molar-refractivity contribution in [2.45, 2.75) is 116 Å². The van der Waals surface area contributed by atoms with E-state index in [1.807, 2.05) is 19.6 Å². The second-order valence-electron chi connectivity index (χ2n) is 12.1. The summed E-state index contributed by atoms with van der Waals surface area (Å²) in [6, 6.07) is -0.869. The third-order valence-corrected chi connectivity index (χ3v) is 6.61. The summed E-state index contributed by atoms with van der Waals surface area (Å²) in [6.07, 6.45) is -2.58. The summed E-state index contributed by atoms with van der Waals surface area (Å²) >= 11 is 0. The van der Waals surface area contributed by atoms with Crippen molar-refractivity contribution in [3.63, 3.8) is 0 Å². The van der Waals surface area contributed by atoms with Gasteiger partial charge in [-0.05, 0) is 74.2 Å². The minimum atomic E-state index is -2.19. The predicted molar refractivity (Wildman–Crippen MR) is 129 cm³/mol. The highest BCUT2D eigenvalue weighted by atomic mass is 28.4. The van der Waals surface area contributed by atoms with Crippen LogP contribution in [0.15, 0.2) is 11.6 Å². The fourth-order valence-corrected chi connectivity index (χ4v) is 5.42. The van der Waals surface area contributed by atoms with E-state index in [-0.39, 0.29) is 18.8 Å². The zero-order valence-electron chi connectivity index (χ0n) is 22.5. The predicted octanol–water partition coefficient (Wildman–Crippen LogP) is 2.94. The first-order chi connectivity index (χ1) is 15.8. The summed E-state index contributed by atoms with van der Waals surface area (Å²) in [5.41, 5.74) is -0.797. The van der Waals surface area contributed by atoms with E-state index in [1.165, 1.54) is 0 Å². The van der Waals surface area contributed by atoms with E-state index in [0.717, 1.165) is 4.90 Å². The zero-order valence-corrected chi connectivity index (χ0v) is 23.5. The Morgan fingerprint density at radius 2 is 1.60 bits per heavy atom. The van der Waals surface area contributed by atoms with Gasteiger partial charge in [0, 0.05) is 5.57 Å². The molecule has 2 amide bonds. The first-order valence-corrected chi connectivity index (χ1v) is 15.5. The van der Waals surface area contributed by atoms with Crippen LogP contribution in [0.5, 0.6) is 0 Å². The number of nitrogens with zero attached hydrogens (tertiary/aromatic N) is 1. The molecule has 0 saturated carbocycles. The van der Waals surface area contributed by atoms with Crippen LogP contribution in [0.2, 0.25) is 19.6 Å². The molecule has 3 aliphatic heterocycles. The van der Waals surface area contributed by atoms with Crippen LogP contribution in [-0.4, -0.2) is 91.2 Å². The lowest BCUT2D eigenvalue weighted by Crippen LogP contribution is -2.55. The van der Waals surface area contributed by atoms with E-state index in [9.17, 15) is 14.7 Å². The molecule has 0 aromatic carbocycles. The Morgan fingerprint density at radius 1 is 1.09 bits per heavy atom. The van der Waals surface area contributed by atoms with E-state index in [4.69, 9.17) is 28.1 Å². The number of ether oxygens (including phenoxy) is 5. The minimum absolute atomic E-state index is 0.0366. The van der Waals surface area contributed by atoms with Crippen molar-refractivity contribution in [3.8, 4) is 0 Å². The van der Waals surface area contributed by atoms with Crippen molar-refractivity contribution in [2.24, 2.45) is 0 Å². The molecule has 200 valence electrons. The molecule has 11 heteroatoms. The molecular formula is C24H41NO9Si. The average molecular weight is 516 g/mol. The number of imide groups is 1. The van der Waals surface area contributed by atoms with Gasteiger partial charge < -0.3 is 33.2 Å². The molecule has 2 saturated heterocycles. The highest BCUT2D eigenvalue weighted by Gasteiger charge is 2.52. The summed E-state index contributed by atoms with van der Waals surface area (Å²) in [4.78, 5) is 27.9. The van der Waals surface area contributed by atoms with Crippen LogP contribution in [0.4, 0.5) is 4.79 Å². The van der Waals surface area contributed by atoms with Crippen LogP contribution in [0.1, 0.15) is 48.5 Å². The maximum absolute atomic E-state index is 13.6. The molecular weight excluding hydrogens is 474 g/mol. The summed E-state index contributed by atoms with van der Waals surface area (Å²) in [5.74, 6) is -2.38. The number of aliphatic hydroxyl groups is 1. The van der Waals surface area contributed by atoms with Crippen LogP contribution >= 0.6 is 0 Å². The lowest BCUT2D eigenvalue weighted by Gasteiger charge is -2.37. The lowest BCUT2D eigenvalue weighted by atomic mass is 10.0. The molecule has 0 aromatic rings. The van der Waals surface area contributed by atoms with Crippen molar-refractivity contribution in [1.82, 2.24) is 4.90 Å². The van der Waals surface area contributed by atoms with Crippen molar-refractivity contribution < 1.29 is 42.8 Å². The smallest absolute Gasteiger partial charge is 0.417 e. The Hall–Kier alpha value is -1.34. The average Bonchev–Trinajstić information content (AvgIpc) is 3.31. The molecule has 0 aromatic heterocycles. The molecule has 1 N–H and O–H groups in total. The number of rotatable bonds is 6. The zero-order chi connectivity index (χ0) is 26.6. The lowest BCUT2D eigenvalue weighted by molar-refractivity contribution is -0.154. The van der Waals surface area contributed by atoms with Gasteiger partial charge in [0.1, 0.15) is 23.9 Å². The highest BCUT2D eigenvalue weighted by Crippen LogP contribution is 2.36. The Kier molecular flexibility index (Phi) is 7.67. The first kappa shape index (κ1) is 28.2. The molecule has 5 atom stereocenters. The molecule has 0 aliphatic carbocycles. The van der Waals surface area contributed by atoms with Gasteiger partial charge in [-0.1, -0.05) is 0 Å². The summed E-state index contributed by atoms with van der Waals surface area (Å²) in [7, 11) is -2.19. The van der Waals surface area contributed by atoms with Gasteiger partial charge in [-0.15, -0.1) is 0 Å². The fourth-order valence-electron chi connectivity index (χ4n) is 4.31. The Bertz CT molecular complexity index is 858. The van der Waals surface area contributed by atoms with Gasteiger partial charge in [0.15, 0.2) is 19.9 Å². The van der Waals surface area contributed by atoms with Gasteiger partial charge in [0.05, 0.1) is 25.4 Å². The molecule has 35 heavy (non-hydrogen) atoms. The molecule has 3 heterocycles. The van der Waals surface area contributed by atoms with Crippen molar-refractivity contribution >= 4 is 20.3 Å². The molecule has 10 nitrogen and oxygen atoms in total. The van der Waals surface area contributed by atoms with Crippen molar-refractivity contribution in [2.75, 3.05) is 13.2 Å². The first-order valence-electron chi connectivity index (χ1n) is 12.1. The van der Waals surface area contributed by atoms with E-state index in [1.54, 1.807) is 54.5 Å². The number of amides is 2. The second kappa shape index (κ2) is 9.51. The molecule has 0 radical (unpaired) electrons. The maximum Gasteiger partial charge on any atom is 0.417 e. The Balaban J connectivity index is 2.00. The third-order valence-electron chi connectivity index (χ3n) is 5.63. The number of aliphatic hydroxyl groups excluding tert-OH is 1. The number of hydrogen-bond acceptors (Lipinski definition) is 9. The summed E-state index contributed by atoms with van der Waals surface area (Å²) < 4.78 is 35.3. The van der Waals surface area contributed by atoms with Crippen LogP contribution < -0.4 is 0 Å². The van der Waals surface area contributed by atoms with Gasteiger partial charge in [0.25, 0.3) is 5.91 Å². The van der Waals surface area contributed by atoms with Crippen LogP contribution in [-0.2, 0) is 32.9 Å². The maximum atomic E-state index is 13.6. The third kappa shape index (κ3) is 6.91. The molecule has 3 rings (SSSR count). The summed E-state index contributed by atoms with van der Waals surface area (Å²) in [6.45, 7) is 18.6. The van der Waals surface area contributed by atoms with Gasteiger partial charge in [-0.3, -0.25) is 4.79 Å². The molecule has 3 aliphatic rings. The number of carbonyl (C=O) groups excluding carboxylic acids is 2. The molecule has 0 spiro atoms. The topological polar surface area (TPSA) is 113 Å². The van der Waals surface area contributed by atoms with E-state index in [2.05, 4.69) is 0 Å². The minimum Gasteiger partial charge on any atom is -0.443 e. The van der Waals surface area contributed by atoms with Crippen molar-refractivity contribution in [1.29, 1.82) is 0 Å². The van der Waals surface area contributed by atoms with Gasteiger partial charge in [-0.25, -0.2) is 9.69 Å². The monoisotopic (exact) mass is 515 g/mol. The number of hydrogen-bond donors (Lipinski definition) is 1. The van der Waals surface area contributed by atoms with Crippen LogP contribution in [0.3, 0.4) is 0 Å². The SMILES string of the molecule is CC(C)(C)OC(=O)N1C(=O)C([C@@H](O)[C@H]2COC(C)(C)O2)=C[C@@H]1[C@H](O[Si](C)(C)C)[C@H]1COC(C)(C)O1. The standard InChI is InChI=1S/C24H41NO9Si/c1-22(2,3)33-21(28)25-15(19(34-35(8,9)10)17-13-30-24(6,7)32-17)11-14(20(25)27)18(26)16-12-29-23(4,5)31-16/h11,15-19,26H,12-13H2,1-10H3/t15-,16-,17-,18-,19+/m1/s1. The summed E-state index contributed by atoms with van der Waals surface area (Å²) in [5, 5.41) is 11.1. The van der Waals surface area contributed by atoms with Gasteiger partial charge in [0.2, 0.25) is 0 Å². The quantitative estimate of drug-likeness (QED) is 0.533. The van der Waals surface area contributed by atoms with Gasteiger partial charge >= 0.3 is 6.09 Å². The number of carbonyl (C=O) groups is 2. The second-order valence-corrected chi connectivity index (χ2v) is 16.6. The normalized spacial score (nSPS) is 30.4. The molecule has 0 unspecified atom stereocenters.